The second kappa shape index (κ2) is 8.19. The van der Waals surface area contributed by atoms with Crippen LogP contribution >= 0.6 is 0 Å². The standard InChI is InChI=1S/C14H22F2N2O/c1-3-18(7-8-19-4-2)10-14(17)11-5-6-12(15)13(16)9-11/h5-6,9,14H,3-4,7-8,10,17H2,1-2H3. The van der Waals surface area contributed by atoms with Crippen LogP contribution in [0.3, 0.4) is 0 Å². The molecule has 0 aromatic heterocycles. The summed E-state index contributed by atoms with van der Waals surface area (Å²) < 4.78 is 31.3. The summed E-state index contributed by atoms with van der Waals surface area (Å²) in [6, 6.07) is 3.47. The predicted molar refractivity (Wildman–Crippen MR) is 71.9 cm³/mol. The van der Waals surface area contributed by atoms with Gasteiger partial charge in [0.2, 0.25) is 0 Å². The molecule has 0 fully saturated rings. The van der Waals surface area contributed by atoms with E-state index in [4.69, 9.17) is 10.5 Å². The molecule has 19 heavy (non-hydrogen) atoms. The number of hydrogen-bond donors (Lipinski definition) is 1. The Labute approximate surface area is 113 Å². The number of likely N-dealkylation sites (N-methyl/N-ethyl adjacent to an activating group) is 1. The van der Waals surface area contributed by atoms with Crippen LogP contribution < -0.4 is 5.73 Å². The zero-order valence-corrected chi connectivity index (χ0v) is 11.5. The third-order valence-corrected chi connectivity index (χ3v) is 3.03. The van der Waals surface area contributed by atoms with Gasteiger partial charge in [-0.15, -0.1) is 0 Å². The molecular weight excluding hydrogens is 250 g/mol. The molecule has 108 valence electrons. The van der Waals surface area contributed by atoms with Crippen LogP contribution in [0.5, 0.6) is 0 Å². The maximum absolute atomic E-state index is 13.1. The lowest BCUT2D eigenvalue weighted by Crippen LogP contribution is -2.34. The number of ether oxygens (including phenoxy) is 1. The van der Waals surface area contributed by atoms with Gasteiger partial charge in [-0.25, -0.2) is 8.78 Å². The van der Waals surface area contributed by atoms with Crippen molar-refractivity contribution in [2.75, 3.05) is 32.8 Å². The molecule has 0 saturated heterocycles. The minimum absolute atomic E-state index is 0.336. The Morgan fingerprint density at radius 1 is 1.26 bits per heavy atom. The van der Waals surface area contributed by atoms with Gasteiger partial charge in [-0.1, -0.05) is 13.0 Å². The van der Waals surface area contributed by atoms with Crippen molar-refractivity contribution in [3.05, 3.63) is 35.4 Å². The van der Waals surface area contributed by atoms with E-state index in [-0.39, 0.29) is 6.04 Å². The van der Waals surface area contributed by atoms with Gasteiger partial charge in [-0.3, -0.25) is 4.90 Å². The highest BCUT2D eigenvalue weighted by Gasteiger charge is 2.13. The Kier molecular flexibility index (Phi) is 6.91. The van der Waals surface area contributed by atoms with E-state index in [0.717, 1.165) is 25.2 Å². The minimum Gasteiger partial charge on any atom is -0.380 e. The fourth-order valence-electron chi connectivity index (χ4n) is 1.84. The molecule has 1 atom stereocenters. The Balaban J connectivity index is 2.55. The van der Waals surface area contributed by atoms with E-state index in [1.54, 1.807) is 0 Å². The molecular formula is C14H22F2N2O. The van der Waals surface area contributed by atoms with Gasteiger partial charge in [0.1, 0.15) is 0 Å². The van der Waals surface area contributed by atoms with Gasteiger partial charge in [0.25, 0.3) is 0 Å². The van der Waals surface area contributed by atoms with Crippen LogP contribution in [0.2, 0.25) is 0 Å². The predicted octanol–water partition coefficient (Wildman–Crippen LogP) is 2.32. The minimum atomic E-state index is -0.856. The van der Waals surface area contributed by atoms with E-state index in [9.17, 15) is 8.78 Å². The zero-order chi connectivity index (χ0) is 14.3. The maximum Gasteiger partial charge on any atom is 0.159 e. The molecule has 1 aromatic rings. The number of rotatable bonds is 8. The summed E-state index contributed by atoms with van der Waals surface area (Å²) in [4.78, 5) is 2.13. The molecule has 0 aliphatic carbocycles. The Morgan fingerprint density at radius 2 is 2.00 bits per heavy atom. The van der Waals surface area contributed by atoms with Crippen molar-refractivity contribution < 1.29 is 13.5 Å². The number of halogens is 2. The molecule has 0 saturated carbocycles. The van der Waals surface area contributed by atoms with E-state index in [2.05, 4.69) is 4.90 Å². The van der Waals surface area contributed by atoms with Crippen LogP contribution in [0.15, 0.2) is 18.2 Å². The maximum atomic E-state index is 13.1. The largest absolute Gasteiger partial charge is 0.380 e. The summed E-state index contributed by atoms with van der Waals surface area (Å²) in [5.41, 5.74) is 6.63. The lowest BCUT2D eigenvalue weighted by atomic mass is 10.1. The van der Waals surface area contributed by atoms with Gasteiger partial charge in [0.15, 0.2) is 11.6 Å². The monoisotopic (exact) mass is 272 g/mol. The first-order valence-corrected chi connectivity index (χ1v) is 6.59. The highest BCUT2D eigenvalue weighted by Crippen LogP contribution is 2.15. The van der Waals surface area contributed by atoms with Gasteiger partial charge < -0.3 is 10.5 Å². The van der Waals surface area contributed by atoms with E-state index >= 15 is 0 Å². The first-order valence-electron chi connectivity index (χ1n) is 6.59. The quantitative estimate of drug-likeness (QED) is 0.738. The van der Waals surface area contributed by atoms with Crippen LogP contribution in [-0.2, 0) is 4.74 Å². The number of benzene rings is 1. The summed E-state index contributed by atoms with van der Waals surface area (Å²) in [5, 5.41) is 0. The number of nitrogens with zero attached hydrogens (tertiary/aromatic N) is 1. The summed E-state index contributed by atoms with van der Waals surface area (Å²) in [6.45, 7) is 7.52. The van der Waals surface area contributed by atoms with Crippen LogP contribution in [0.1, 0.15) is 25.5 Å². The Hall–Kier alpha value is -1.04. The van der Waals surface area contributed by atoms with Crippen molar-refractivity contribution >= 4 is 0 Å². The Morgan fingerprint density at radius 3 is 2.58 bits per heavy atom. The topological polar surface area (TPSA) is 38.5 Å². The zero-order valence-electron chi connectivity index (χ0n) is 11.5. The van der Waals surface area contributed by atoms with Crippen molar-refractivity contribution in [3.63, 3.8) is 0 Å². The van der Waals surface area contributed by atoms with Crippen LogP contribution in [-0.4, -0.2) is 37.7 Å². The summed E-state index contributed by atoms with van der Waals surface area (Å²) in [5.74, 6) is -1.70. The second-order valence-electron chi connectivity index (χ2n) is 4.37. The average Bonchev–Trinajstić information content (AvgIpc) is 2.40. The van der Waals surface area contributed by atoms with E-state index in [1.165, 1.54) is 6.07 Å². The Bertz CT molecular complexity index is 388. The molecule has 1 unspecified atom stereocenters. The molecule has 3 nitrogen and oxygen atoms in total. The van der Waals surface area contributed by atoms with Crippen molar-refractivity contribution in [2.24, 2.45) is 5.73 Å². The van der Waals surface area contributed by atoms with Crippen LogP contribution in [0, 0.1) is 11.6 Å². The second-order valence-corrected chi connectivity index (χ2v) is 4.37. The third-order valence-electron chi connectivity index (χ3n) is 3.03. The van der Waals surface area contributed by atoms with Crippen molar-refractivity contribution in [3.8, 4) is 0 Å². The summed E-state index contributed by atoms with van der Waals surface area (Å²) in [7, 11) is 0. The highest BCUT2D eigenvalue weighted by atomic mass is 19.2. The SMILES string of the molecule is CCOCCN(CC)CC(N)c1ccc(F)c(F)c1. The lowest BCUT2D eigenvalue weighted by molar-refractivity contribution is 0.113. The van der Waals surface area contributed by atoms with Crippen molar-refractivity contribution in [1.82, 2.24) is 4.90 Å². The molecule has 1 rings (SSSR count). The van der Waals surface area contributed by atoms with Crippen molar-refractivity contribution in [2.45, 2.75) is 19.9 Å². The van der Waals surface area contributed by atoms with Crippen molar-refractivity contribution in [1.29, 1.82) is 0 Å². The molecule has 0 aliphatic rings. The van der Waals surface area contributed by atoms with Crippen LogP contribution in [0.25, 0.3) is 0 Å². The molecule has 1 aromatic carbocycles. The lowest BCUT2D eigenvalue weighted by Gasteiger charge is -2.24. The molecule has 0 heterocycles. The number of hydrogen-bond acceptors (Lipinski definition) is 3. The average molecular weight is 272 g/mol. The van der Waals surface area contributed by atoms with Crippen LogP contribution in [0.4, 0.5) is 8.78 Å². The molecule has 0 amide bonds. The van der Waals surface area contributed by atoms with E-state index in [1.807, 2.05) is 13.8 Å². The fourth-order valence-corrected chi connectivity index (χ4v) is 1.84. The van der Waals surface area contributed by atoms with Gasteiger partial charge in [-0.2, -0.15) is 0 Å². The third kappa shape index (κ3) is 5.22. The highest BCUT2D eigenvalue weighted by molar-refractivity contribution is 5.21. The van der Waals surface area contributed by atoms with Gasteiger partial charge in [-0.05, 0) is 31.2 Å². The normalized spacial score (nSPS) is 12.9. The first-order chi connectivity index (χ1) is 9.08. The summed E-state index contributed by atoms with van der Waals surface area (Å²) >= 11 is 0. The molecule has 0 bridgehead atoms. The molecule has 5 heteroatoms. The molecule has 0 radical (unpaired) electrons. The summed E-state index contributed by atoms with van der Waals surface area (Å²) in [6.07, 6.45) is 0. The fraction of sp³-hybridized carbons (Fsp3) is 0.571. The molecule has 0 aliphatic heterocycles. The van der Waals surface area contributed by atoms with E-state index < -0.39 is 11.6 Å². The van der Waals surface area contributed by atoms with Gasteiger partial charge >= 0.3 is 0 Å². The number of nitrogens with two attached hydrogens (primary N) is 1. The molecule has 0 spiro atoms. The van der Waals surface area contributed by atoms with E-state index in [0.29, 0.717) is 25.3 Å². The smallest absolute Gasteiger partial charge is 0.159 e. The first kappa shape index (κ1) is 16.0. The molecule has 2 N–H and O–H groups in total. The van der Waals surface area contributed by atoms with Gasteiger partial charge in [0.05, 0.1) is 6.61 Å². The van der Waals surface area contributed by atoms with Gasteiger partial charge in [0, 0.05) is 25.7 Å².